The molecule has 1 fully saturated rings. The van der Waals surface area contributed by atoms with Crippen LogP contribution in [-0.4, -0.2) is 11.3 Å². The van der Waals surface area contributed by atoms with Crippen molar-refractivity contribution in [3.8, 4) is 0 Å². The number of alkyl halides is 3. The van der Waals surface area contributed by atoms with Crippen LogP contribution in [0.5, 0.6) is 0 Å². The maximum absolute atomic E-state index is 12.6. The van der Waals surface area contributed by atoms with Gasteiger partial charge in [0.25, 0.3) is 0 Å². The van der Waals surface area contributed by atoms with Crippen LogP contribution in [0.4, 0.5) is 13.2 Å². The van der Waals surface area contributed by atoms with Crippen molar-refractivity contribution < 1.29 is 18.3 Å². The van der Waals surface area contributed by atoms with Crippen LogP contribution in [0.15, 0.2) is 18.2 Å². The molecule has 0 radical (unpaired) electrons. The van der Waals surface area contributed by atoms with Crippen LogP contribution >= 0.6 is 0 Å². The Kier molecular flexibility index (Phi) is 3.65. The van der Waals surface area contributed by atoms with E-state index in [1.54, 1.807) is 0 Å². The van der Waals surface area contributed by atoms with Crippen LogP contribution in [0.25, 0.3) is 0 Å². The molecule has 19 heavy (non-hydrogen) atoms. The molecule has 0 bridgehead atoms. The average Bonchev–Trinajstić information content (AvgIpc) is 2.27. The van der Waals surface area contributed by atoms with Gasteiger partial charge in [-0.25, -0.2) is 0 Å². The first-order valence-corrected chi connectivity index (χ1v) is 6.58. The predicted octanol–water partition coefficient (Wildman–Crippen LogP) is 4.24. The first kappa shape index (κ1) is 14.4. The summed E-state index contributed by atoms with van der Waals surface area (Å²) in [5.74, 6) is -1.27. The minimum Gasteiger partial charge on any atom is -0.385 e. The van der Waals surface area contributed by atoms with E-state index in [2.05, 4.69) is 0 Å². The van der Waals surface area contributed by atoms with Crippen LogP contribution in [0.1, 0.15) is 42.4 Å². The molecule has 1 saturated carbocycles. The lowest BCUT2D eigenvalue weighted by Crippen LogP contribution is -2.36. The van der Waals surface area contributed by atoms with Crippen molar-refractivity contribution in [2.24, 2.45) is 5.92 Å². The summed E-state index contributed by atoms with van der Waals surface area (Å²) in [7, 11) is 0. The lowest BCUT2D eigenvalue weighted by atomic mass is 9.74. The van der Waals surface area contributed by atoms with Gasteiger partial charge in [-0.15, -0.1) is 0 Å². The normalized spacial score (nSPS) is 28.4. The predicted molar refractivity (Wildman–Crippen MR) is 67.8 cm³/mol. The highest BCUT2D eigenvalue weighted by Gasteiger charge is 2.45. The van der Waals surface area contributed by atoms with E-state index in [1.807, 2.05) is 32.0 Å². The Morgan fingerprint density at radius 3 is 1.95 bits per heavy atom. The van der Waals surface area contributed by atoms with Crippen LogP contribution in [0.2, 0.25) is 0 Å². The summed E-state index contributed by atoms with van der Waals surface area (Å²) in [5, 5.41) is 10.6. The van der Waals surface area contributed by atoms with Gasteiger partial charge >= 0.3 is 6.18 Å². The van der Waals surface area contributed by atoms with Crippen molar-refractivity contribution in [3.63, 3.8) is 0 Å². The van der Waals surface area contributed by atoms with Gasteiger partial charge in [0, 0.05) is 0 Å². The molecule has 1 aliphatic rings. The van der Waals surface area contributed by atoms with Crippen molar-refractivity contribution in [2.45, 2.75) is 51.3 Å². The van der Waals surface area contributed by atoms with Gasteiger partial charge in [-0.05, 0) is 45.1 Å². The number of aliphatic hydroxyl groups is 1. The molecular formula is C15H19F3O. The zero-order valence-electron chi connectivity index (χ0n) is 11.2. The van der Waals surface area contributed by atoms with Gasteiger partial charge in [-0.1, -0.05) is 29.3 Å². The highest BCUT2D eigenvalue weighted by Crippen LogP contribution is 2.45. The molecule has 2 rings (SSSR count). The summed E-state index contributed by atoms with van der Waals surface area (Å²) >= 11 is 0. The lowest BCUT2D eigenvalue weighted by Gasteiger charge is -2.37. The van der Waals surface area contributed by atoms with Gasteiger partial charge in [-0.2, -0.15) is 13.2 Å². The second-order valence-electron chi connectivity index (χ2n) is 5.72. The molecule has 1 aromatic carbocycles. The van der Waals surface area contributed by atoms with Gasteiger partial charge in [0.15, 0.2) is 0 Å². The molecule has 4 heteroatoms. The maximum atomic E-state index is 12.6. The van der Waals surface area contributed by atoms with E-state index >= 15 is 0 Å². The molecule has 1 nitrogen and oxygen atoms in total. The third kappa shape index (κ3) is 3.11. The number of hydrogen-bond acceptors (Lipinski definition) is 1. The Labute approximate surface area is 111 Å². The Morgan fingerprint density at radius 2 is 1.53 bits per heavy atom. The summed E-state index contributed by atoms with van der Waals surface area (Å²) < 4.78 is 37.9. The van der Waals surface area contributed by atoms with Crippen molar-refractivity contribution >= 4 is 0 Å². The lowest BCUT2D eigenvalue weighted by molar-refractivity contribution is -0.193. The first-order valence-electron chi connectivity index (χ1n) is 6.58. The van der Waals surface area contributed by atoms with Crippen LogP contribution in [0, 0.1) is 19.8 Å². The van der Waals surface area contributed by atoms with Crippen molar-refractivity contribution in [1.82, 2.24) is 0 Å². The molecule has 0 amide bonds. The first-order chi connectivity index (χ1) is 8.71. The minimum atomic E-state index is -4.14. The van der Waals surface area contributed by atoms with Gasteiger partial charge in [0.2, 0.25) is 0 Å². The number of hydrogen-bond donors (Lipinski definition) is 1. The smallest absolute Gasteiger partial charge is 0.385 e. The summed E-state index contributed by atoms with van der Waals surface area (Å²) in [4.78, 5) is 0. The fraction of sp³-hybridized carbons (Fsp3) is 0.600. The van der Waals surface area contributed by atoms with E-state index in [-0.39, 0.29) is 25.7 Å². The largest absolute Gasteiger partial charge is 0.391 e. The molecule has 0 heterocycles. The van der Waals surface area contributed by atoms with Gasteiger partial charge in [0.1, 0.15) is 0 Å². The summed E-state index contributed by atoms with van der Waals surface area (Å²) in [6.07, 6.45) is -3.76. The minimum absolute atomic E-state index is 0.00693. The number of halogens is 3. The average molecular weight is 272 g/mol. The molecule has 1 aromatic rings. The third-order valence-electron chi connectivity index (χ3n) is 4.03. The molecule has 106 valence electrons. The van der Waals surface area contributed by atoms with Crippen LogP contribution < -0.4 is 0 Å². The van der Waals surface area contributed by atoms with Crippen molar-refractivity contribution in [2.75, 3.05) is 0 Å². The third-order valence-corrected chi connectivity index (χ3v) is 4.03. The summed E-state index contributed by atoms with van der Waals surface area (Å²) in [5.41, 5.74) is 1.71. The fourth-order valence-electron chi connectivity index (χ4n) is 2.95. The molecule has 0 aliphatic heterocycles. The van der Waals surface area contributed by atoms with E-state index in [1.165, 1.54) is 0 Å². The van der Waals surface area contributed by atoms with Crippen LogP contribution in [0.3, 0.4) is 0 Å². The zero-order valence-corrected chi connectivity index (χ0v) is 11.2. The molecule has 0 aromatic heterocycles. The second-order valence-corrected chi connectivity index (χ2v) is 5.72. The highest BCUT2D eigenvalue weighted by atomic mass is 19.4. The molecule has 1 N–H and O–H groups in total. The molecule has 0 saturated heterocycles. The number of aryl methyl sites for hydroxylation is 2. The van der Waals surface area contributed by atoms with E-state index in [0.29, 0.717) is 0 Å². The molecule has 0 unspecified atom stereocenters. The molecule has 1 aliphatic carbocycles. The SMILES string of the molecule is Cc1cc(C)cc(C2(O)CCC(C(F)(F)F)CC2)c1. The summed E-state index contributed by atoms with van der Waals surface area (Å²) in [6, 6.07) is 5.75. The second kappa shape index (κ2) is 4.82. The Morgan fingerprint density at radius 1 is 1.05 bits per heavy atom. The van der Waals surface area contributed by atoms with Gasteiger partial charge in [0.05, 0.1) is 11.5 Å². The zero-order chi connectivity index (χ0) is 14.3. The van der Waals surface area contributed by atoms with Gasteiger partial charge < -0.3 is 5.11 Å². The van der Waals surface area contributed by atoms with Crippen molar-refractivity contribution in [3.05, 3.63) is 34.9 Å². The maximum Gasteiger partial charge on any atom is 0.391 e. The standard InChI is InChI=1S/C15H19F3O/c1-10-7-11(2)9-13(8-10)14(19)5-3-12(4-6-14)15(16,17)18/h7-9,12,19H,3-6H2,1-2H3. The van der Waals surface area contributed by atoms with Crippen LogP contribution in [-0.2, 0) is 5.60 Å². The number of benzene rings is 1. The molecule has 0 spiro atoms. The van der Waals surface area contributed by atoms with E-state index < -0.39 is 17.7 Å². The summed E-state index contributed by atoms with van der Waals surface area (Å²) in [6.45, 7) is 3.86. The van der Waals surface area contributed by atoms with E-state index in [0.717, 1.165) is 16.7 Å². The number of rotatable bonds is 1. The quantitative estimate of drug-likeness (QED) is 0.810. The van der Waals surface area contributed by atoms with E-state index in [9.17, 15) is 18.3 Å². The Hall–Kier alpha value is -1.03. The van der Waals surface area contributed by atoms with Crippen molar-refractivity contribution in [1.29, 1.82) is 0 Å². The monoisotopic (exact) mass is 272 g/mol. The topological polar surface area (TPSA) is 20.2 Å². The highest BCUT2D eigenvalue weighted by molar-refractivity contribution is 5.32. The Bertz CT molecular complexity index is 437. The molecular weight excluding hydrogens is 253 g/mol. The molecule has 0 atom stereocenters. The van der Waals surface area contributed by atoms with E-state index in [4.69, 9.17) is 0 Å². The fourth-order valence-corrected chi connectivity index (χ4v) is 2.95. The Balaban J connectivity index is 2.18. The van der Waals surface area contributed by atoms with Gasteiger partial charge in [-0.3, -0.25) is 0 Å².